The molecule has 6 heteroatoms. The number of furan rings is 1. The van der Waals surface area contributed by atoms with Crippen molar-refractivity contribution in [3.8, 4) is 5.75 Å². The zero-order chi connectivity index (χ0) is 16.4. The van der Waals surface area contributed by atoms with Crippen molar-refractivity contribution in [1.29, 1.82) is 0 Å². The van der Waals surface area contributed by atoms with Crippen LogP contribution in [-0.4, -0.2) is 37.0 Å². The summed E-state index contributed by atoms with van der Waals surface area (Å²) in [6.45, 7) is 3.55. The second kappa shape index (κ2) is 7.90. The summed E-state index contributed by atoms with van der Waals surface area (Å²) in [5, 5.41) is 0.967. The molecule has 2 N–H and O–H groups in total. The van der Waals surface area contributed by atoms with Crippen molar-refractivity contribution in [2.45, 2.75) is 32.2 Å². The van der Waals surface area contributed by atoms with Gasteiger partial charge >= 0.3 is 0 Å². The number of rotatable bonds is 4. The molecular formula is C18H25ClN2O3. The van der Waals surface area contributed by atoms with Crippen LogP contribution in [0.4, 0.5) is 0 Å². The molecule has 0 saturated carbocycles. The van der Waals surface area contributed by atoms with E-state index in [9.17, 15) is 4.79 Å². The number of likely N-dealkylation sites (tertiary alicyclic amines) is 1. The summed E-state index contributed by atoms with van der Waals surface area (Å²) in [4.78, 5) is 14.7. The first-order valence-corrected chi connectivity index (χ1v) is 8.16. The Morgan fingerprint density at radius 3 is 2.96 bits per heavy atom. The molecule has 1 saturated heterocycles. The fourth-order valence-corrected chi connectivity index (χ4v) is 3.40. The van der Waals surface area contributed by atoms with Crippen LogP contribution in [0.1, 0.15) is 25.3 Å². The highest BCUT2D eigenvalue weighted by Crippen LogP contribution is 2.27. The molecule has 5 nitrogen and oxygen atoms in total. The number of hydrogen-bond donors (Lipinski definition) is 1. The zero-order valence-corrected chi connectivity index (χ0v) is 15.0. The van der Waals surface area contributed by atoms with Crippen molar-refractivity contribution in [2.24, 2.45) is 11.7 Å². The van der Waals surface area contributed by atoms with Crippen LogP contribution < -0.4 is 10.5 Å². The van der Waals surface area contributed by atoms with Gasteiger partial charge in [-0.05, 0) is 30.9 Å². The number of fused-ring (bicyclic) bond motifs is 1. The Morgan fingerprint density at radius 1 is 1.46 bits per heavy atom. The molecule has 132 valence electrons. The number of amides is 1. The first-order chi connectivity index (χ1) is 11.1. The van der Waals surface area contributed by atoms with Gasteiger partial charge in [-0.2, -0.15) is 0 Å². The Kier molecular flexibility index (Phi) is 6.13. The van der Waals surface area contributed by atoms with Gasteiger partial charge in [-0.25, -0.2) is 0 Å². The standard InChI is InChI=1S/C18H24N2O3.ClH/c1-12-5-6-20(14(7-12)10-19)18(21)8-13-11-23-17-9-15(22-2)3-4-16(13)17;/h3-4,9,11-12,14H,5-8,10,19H2,1-2H3;1H. The van der Waals surface area contributed by atoms with E-state index < -0.39 is 0 Å². The number of carbonyl (C=O) groups excluding carboxylic acids is 1. The lowest BCUT2D eigenvalue weighted by atomic mass is 9.92. The number of halogens is 1. The van der Waals surface area contributed by atoms with Crippen molar-refractivity contribution in [2.75, 3.05) is 20.2 Å². The molecule has 1 fully saturated rings. The van der Waals surface area contributed by atoms with Gasteiger partial charge in [0.2, 0.25) is 5.91 Å². The van der Waals surface area contributed by atoms with E-state index >= 15 is 0 Å². The quantitative estimate of drug-likeness (QED) is 0.918. The second-order valence-corrected chi connectivity index (χ2v) is 6.41. The summed E-state index contributed by atoms with van der Waals surface area (Å²) >= 11 is 0. The van der Waals surface area contributed by atoms with Crippen molar-refractivity contribution >= 4 is 29.3 Å². The fourth-order valence-electron chi connectivity index (χ4n) is 3.40. The number of nitrogens with zero attached hydrogens (tertiary/aromatic N) is 1. The summed E-state index contributed by atoms with van der Waals surface area (Å²) in [7, 11) is 1.62. The molecule has 1 aliphatic rings. The number of piperidine rings is 1. The van der Waals surface area contributed by atoms with Crippen molar-refractivity contribution in [3.05, 3.63) is 30.0 Å². The minimum Gasteiger partial charge on any atom is -0.497 e. The highest BCUT2D eigenvalue weighted by molar-refractivity contribution is 5.88. The maximum atomic E-state index is 12.7. The first kappa shape index (κ1) is 18.6. The van der Waals surface area contributed by atoms with Crippen LogP contribution in [0.3, 0.4) is 0 Å². The third-order valence-electron chi connectivity index (χ3n) is 4.78. The van der Waals surface area contributed by atoms with E-state index in [-0.39, 0.29) is 24.4 Å². The molecule has 1 amide bonds. The Morgan fingerprint density at radius 2 is 2.25 bits per heavy atom. The molecule has 1 aromatic heterocycles. The maximum absolute atomic E-state index is 12.7. The second-order valence-electron chi connectivity index (χ2n) is 6.41. The van der Waals surface area contributed by atoms with Gasteiger partial charge in [0, 0.05) is 36.1 Å². The maximum Gasteiger partial charge on any atom is 0.227 e. The molecule has 1 aliphatic heterocycles. The average Bonchev–Trinajstić information content (AvgIpc) is 2.96. The molecular weight excluding hydrogens is 328 g/mol. The van der Waals surface area contributed by atoms with Gasteiger partial charge < -0.3 is 19.8 Å². The van der Waals surface area contributed by atoms with Crippen LogP contribution in [0, 0.1) is 5.92 Å². The van der Waals surface area contributed by atoms with Gasteiger partial charge in [0.15, 0.2) is 0 Å². The Balaban J connectivity index is 0.00000208. The Labute approximate surface area is 148 Å². The van der Waals surface area contributed by atoms with E-state index in [4.69, 9.17) is 14.9 Å². The number of methoxy groups -OCH3 is 1. The number of ether oxygens (including phenoxy) is 1. The molecule has 2 unspecified atom stereocenters. The lowest BCUT2D eigenvalue weighted by Crippen LogP contribution is -2.49. The molecule has 2 heterocycles. The molecule has 2 atom stereocenters. The molecule has 3 rings (SSSR count). The summed E-state index contributed by atoms with van der Waals surface area (Å²) in [6, 6.07) is 5.83. The average molecular weight is 353 g/mol. The van der Waals surface area contributed by atoms with Crippen molar-refractivity contribution in [1.82, 2.24) is 4.90 Å². The topological polar surface area (TPSA) is 68.7 Å². The van der Waals surface area contributed by atoms with Crippen molar-refractivity contribution in [3.63, 3.8) is 0 Å². The zero-order valence-electron chi connectivity index (χ0n) is 14.2. The van der Waals surface area contributed by atoms with E-state index in [1.165, 1.54) is 0 Å². The van der Waals surface area contributed by atoms with E-state index in [0.29, 0.717) is 18.9 Å². The van der Waals surface area contributed by atoms with E-state index in [1.54, 1.807) is 13.4 Å². The number of hydrogen-bond acceptors (Lipinski definition) is 4. The molecule has 0 bridgehead atoms. The Hall–Kier alpha value is -1.72. The molecule has 24 heavy (non-hydrogen) atoms. The smallest absolute Gasteiger partial charge is 0.227 e. The van der Waals surface area contributed by atoms with E-state index in [1.807, 2.05) is 23.1 Å². The predicted octanol–water partition coefficient (Wildman–Crippen LogP) is 2.99. The minimum atomic E-state index is 0. The van der Waals surface area contributed by atoms with Crippen LogP contribution in [0.15, 0.2) is 28.9 Å². The third-order valence-corrected chi connectivity index (χ3v) is 4.78. The van der Waals surface area contributed by atoms with Crippen LogP contribution in [-0.2, 0) is 11.2 Å². The molecule has 0 aliphatic carbocycles. The summed E-state index contributed by atoms with van der Waals surface area (Å²) in [5.41, 5.74) is 7.53. The summed E-state index contributed by atoms with van der Waals surface area (Å²) < 4.78 is 10.8. The van der Waals surface area contributed by atoms with Gasteiger partial charge in [-0.1, -0.05) is 6.92 Å². The van der Waals surface area contributed by atoms with Gasteiger partial charge in [0.1, 0.15) is 11.3 Å². The van der Waals surface area contributed by atoms with Crippen LogP contribution in [0.2, 0.25) is 0 Å². The molecule has 0 spiro atoms. The van der Waals surface area contributed by atoms with E-state index in [0.717, 1.165) is 41.7 Å². The summed E-state index contributed by atoms with van der Waals surface area (Å²) in [6.07, 6.45) is 4.06. The number of benzene rings is 1. The normalized spacial score (nSPS) is 20.7. The molecule has 0 radical (unpaired) electrons. The third kappa shape index (κ3) is 3.68. The fraction of sp³-hybridized carbons (Fsp3) is 0.500. The minimum absolute atomic E-state index is 0. The summed E-state index contributed by atoms with van der Waals surface area (Å²) in [5.74, 6) is 1.51. The first-order valence-electron chi connectivity index (χ1n) is 8.16. The van der Waals surface area contributed by atoms with Gasteiger partial charge in [0.25, 0.3) is 0 Å². The van der Waals surface area contributed by atoms with E-state index in [2.05, 4.69) is 6.92 Å². The van der Waals surface area contributed by atoms with Gasteiger partial charge in [-0.15, -0.1) is 12.4 Å². The number of nitrogens with two attached hydrogens (primary N) is 1. The van der Waals surface area contributed by atoms with Crippen LogP contribution in [0.5, 0.6) is 5.75 Å². The van der Waals surface area contributed by atoms with Crippen LogP contribution in [0.25, 0.3) is 11.0 Å². The van der Waals surface area contributed by atoms with Gasteiger partial charge in [-0.3, -0.25) is 4.79 Å². The monoisotopic (exact) mass is 352 g/mol. The van der Waals surface area contributed by atoms with Gasteiger partial charge in [0.05, 0.1) is 19.8 Å². The Bertz CT molecular complexity index is 701. The highest BCUT2D eigenvalue weighted by Gasteiger charge is 2.29. The lowest BCUT2D eigenvalue weighted by molar-refractivity contribution is -0.134. The SMILES string of the molecule is COc1ccc2c(CC(=O)N3CCC(C)CC3CN)coc2c1.Cl. The highest BCUT2D eigenvalue weighted by atomic mass is 35.5. The van der Waals surface area contributed by atoms with Crippen molar-refractivity contribution < 1.29 is 13.9 Å². The molecule has 1 aromatic carbocycles. The van der Waals surface area contributed by atoms with Crippen LogP contribution >= 0.6 is 12.4 Å². The largest absolute Gasteiger partial charge is 0.497 e. The predicted molar refractivity (Wildman–Crippen MR) is 96.7 cm³/mol. The lowest BCUT2D eigenvalue weighted by Gasteiger charge is -2.38. The molecule has 2 aromatic rings. The number of carbonyl (C=O) groups is 1.